The summed E-state index contributed by atoms with van der Waals surface area (Å²) in [5.41, 5.74) is -1.37. The van der Waals surface area contributed by atoms with Crippen molar-refractivity contribution in [2.45, 2.75) is 131 Å². The van der Waals surface area contributed by atoms with Crippen LogP contribution in [0, 0.1) is 50.2 Å². The zero-order valence-electron chi connectivity index (χ0n) is 28.5. The molecule has 10 heteroatoms. The summed E-state index contributed by atoms with van der Waals surface area (Å²) in [7, 11) is 0. The number of ether oxygens (including phenoxy) is 1. The minimum absolute atomic E-state index is 0.0206. The first-order valence-electron chi connectivity index (χ1n) is 17.0. The van der Waals surface area contributed by atoms with Crippen LogP contribution in [0.2, 0.25) is 0 Å². The summed E-state index contributed by atoms with van der Waals surface area (Å²) in [5, 5.41) is 48.9. The van der Waals surface area contributed by atoms with Crippen LogP contribution in [0.5, 0.6) is 0 Å². The number of Topliss-reactive ketones (excluding diaryl/α,β-unsaturated/α-hetero) is 1. The molecular formula is C36H54O10. The zero-order chi connectivity index (χ0) is 34.4. The van der Waals surface area contributed by atoms with Crippen molar-refractivity contribution >= 4 is 23.5 Å². The Morgan fingerprint density at radius 1 is 0.913 bits per heavy atom. The fourth-order valence-corrected chi connectivity index (χ4v) is 11.3. The van der Waals surface area contributed by atoms with Crippen LogP contribution in [0.15, 0.2) is 11.6 Å². The number of hydrogen-bond donors (Lipinski definition) is 5. The number of fused-ring (bicyclic) bond motifs is 7. The third-order valence-electron chi connectivity index (χ3n) is 14.7. The number of aliphatic carboxylic acids is 1. The molecule has 0 spiro atoms. The highest BCUT2D eigenvalue weighted by Gasteiger charge is 2.70. The molecule has 0 aromatic carbocycles. The number of carboxylic acids is 1. The van der Waals surface area contributed by atoms with Gasteiger partial charge < -0.3 is 30.3 Å². The van der Waals surface area contributed by atoms with Crippen molar-refractivity contribution in [3.63, 3.8) is 0 Å². The fourth-order valence-electron chi connectivity index (χ4n) is 11.3. The van der Waals surface area contributed by atoms with E-state index in [-0.39, 0.29) is 39.8 Å². The molecule has 0 bridgehead atoms. The van der Waals surface area contributed by atoms with Crippen molar-refractivity contribution in [1.29, 1.82) is 0 Å². The Morgan fingerprint density at radius 2 is 1.54 bits per heavy atom. The van der Waals surface area contributed by atoms with Crippen LogP contribution in [-0.2, 0) is 23.9 Å². The van der Waals surface area contributed by atoms with Crippen LogP contribution in [-0.4, -0.2) is 80.1 Å². The van der Waals surface area contributed by atoms with Gasteiger partial charge in [0.1, 0.15) is 18.3 Å². The molecule has 0 aromatic rings. The molecule has 0 radical (unpaired) electrons. The average Bonchev–Trinajstić information content (AvgIpc) is 2.98. The van der Waals surface area contributed by atoms with Gasteiger partial charge in [-0.3, -0.25) is 14.4 Å². The maximum atomic E-state index is 14.5. The summed E-state index contributed by atoms with van der Waals surface area (Å²) < 4.78 is 5.70. The van der Waals surface area contributed by atoms with E-state index in [2.05, 4.69) is 27.7 Å². The van der Waals surface area contributed by atoms with Crippen molar-refractivity contribution in [3.8, 4) is 0 Å². The van der Waals surface area contributed by atoms with Gasteiger partial charge in [0, 0.05) is 11.3 Å². The molecule has 0 aliphatic heterocycles. The Balaban J connectivity index is 1.43. The maximum Gasteiger partial charge on any atom is 0.377 e. The summed E-state index contributed by atoms with van der Waals surface area (Å²) in [6.45, 7) is 14.0. The number of aliphatic hydroxyl groups is 4. The van der Waals surface area contributed by atoms with Crippen molar-refractivity contribution in [2.75, 3.05) is 6.61 Å². The molecule has 5 aliphatic carbocycles. The number of esters is 1. The van der Waals surface area contributed by atoms with E-state index >= 15 is 0 Å². The molecule has 46 heavy (non-hydrogen) atoms. The van der Waals surface area contributed by atoms with E-state index in [0.29, 0.717) is 25.7 Å². The minimum atomic E-state index is -2.24. The van der Waals surface area contributed by atoms with Gasteiger partial charge in [-0.1, -0.05) is 47.1 Å². The Labute approximate surface area is 272 Å². The van der Waals surface area contributed by atoms with Crippen molar-refractivity contribution in [1.82, 2.24) is 0 Å². The number of ketones is 2. The molecule has 5 aliphatic rings. The van der Waals surface area contributed by atoms with Gasteiger partial charge in [0.2, 0.25) is 0 Å². The molecule has 4 fully saturated rings. The highest BCUT2D eigenvalue weighted by molar-refractivity contribution is 6.35. The number of carbonyl (C=O) groups excluding carboxylic acids is 3. The molecule has 0 amide bonds. The molecular weight excluding hydrogens is 592 g/mol. The molecule has 10 nitrogen and oxygen atoms in total. The predicted molar refractivity (Wildman–Crippen MR) is 167 cm³/mol. The Morgan fingerprint density at radius 3 is 2.15 bits per heavy atom. The van der Waals surface area contributed by atoms with Gasteiger partial charge in [-0.05, 0) is 104 Å². The van der Waals surface area contributed by atoms with Gasteiger partial charge >= 0.3 is 11.9 Å². The standard InChI is InChI=1S/C36H54O10/c1-31(2)23-8-11-36(7)28(34(23,5)10-9-24(31)46-29(43)27(42)26(41)25(40)22(39)18-37)21(38)16-19-20-17-33(4,30(44)45)13-12-32(20,3)14-15-35(19,36)6/h16,20,22-26,28,37,39-41H,8-15,17-18H2,1-7H3,(H,44,45)/t20-,22+,23?,24+,25-,26+,28-,32-,33+,34+,35-,36-/m1/s1. The van der Waals surface area contributed by atoms with Gasteiger partial charge in [-0.25, -0.2) is 4.79 Å². The lowest BCUT2D eigenvalue weighted by molar-refractivity contribution is -0.211. The third-order valence-corrected chi connectivity index (χ3v) is 14.7. The van der Waals surface area contributed by atoms with E-state index in [9.17, 15) is 39.6 Å². The highest BCUT2D eigenvalue weighted by Crippen LogP contribution is 2.75. The van der Waals surface area contributed by atoms with E-state index in [0.717, 1.165) is 37.7 Å². The molecule has 12 atom stereocenters. The smallest absolute Gasteiger partial charge is 0.377 e. The van der Waals surface area contributed by atoms with Crippen LogP contribution in [0.25, 0.3) is 0 Å². The number of carboxylic acid groups (broad SMARTS) is 1. The summed E-state index contributed by atoms with van der Waals surface area (Å²) in [4.78, 5) is 52.4. The average molecular weight is 647 g/mol. The van der Waals surface area contributed by atoms with Gasteiger partial charge in [0.15, 0.2) is 11.9 Å². The van der Waals surface area contributed by atoms with Crippen LogP contribution >= 0.6 is 0 Å². The van der Waals surface area contributed by atoms with Crippen LogP contribution in [0.1, 0.15) is 106 Å². The van der Waals surface area contributed by atoms with E-state index in [4.69, 9.17) is 9.84 Å². The van der Waals surface area contributed by atoms with Gasteiger partial charge in [-0.15, -0.1) is 0 Å². The van der Waals surface area contributed by atoms with E-state index in [1.807, 2.05) is 26.8 Å². The first kappa shape index (κ1) is 35.2. The number of carbonyl (C=O) groups is 4. The van der Waals surface area contributed by atoms with E-state index < -0.39 is 65.0 Å². The van der Waals surface area contributed by atoms with Gasteiger partial charge in [0.25, 0.3) is 5.78 Å². The van der Waals surface area contributed by atoms with E-state index in [1.165, 1.54) is 0 Å². The Kier molecular flexibility index (Phi) is 8.57. The van der Waals surface area contributed by atoms with Crippen LogP contribution in [0.3, 0.4) is 0 Å². The molecule has 5 N–H and O–H groups in total. The Bertz CT molecular complexity index is 1340. The second kappa shape index (κ2) is 11.2. The quantitative estimate of drug-likeness (QED) is 0.203. The molecule has 0 heterocycles. The van der Waals surface area contributed by atoms with Gasteiger partial charge in [0.05, 0.1) is 12.0 Å². The largest absolute Gasteiger partial charge is 0.481 e. The summed E-state index contributed by atoms with van der Waals surface area (Å²) in [5.74, 6) is -3.62. The summed E-state index contributed by atoms with van der Waals surface area (Å²) >= 11 is 0. The first-order chi connectivity index (χ1) is 21.1. The molecule has 0 saturated heterocycles. The number of rotatable bonds is 7. The second-order valence-electron chi connectivity index (χ2n) is 17.4. The van der Waals surface area contributed by atoms with Crippen molar-refractivity contribution in [2.24, 2.45) is 50.2 Å². The van der Waals surface area contributed by atoms with Crippen molar-refractivity contribution in [3.05, 3.63) is 11.6 Å². The summed E-state index contributed by atoms with van der Waals surface area (Å²) in [6.07, 6.45) is 1.67. The van der Waals surface area contributed by atoms with Gasteiger partial charge in [-0.2, -0.15) is 0 Å². The Hall–Kier alpha value is -2.14. The second-order valence-corrected chi connectivity index (χ2v) is 17.4. The van der Waals surface area contributed by atoms with Crippen LogP contribution < -0.4 is 0 Å². The molecule has 5 rings (SSSR count). The number of hydrogen-bond acceptors (Lipinski definition) is 9. The molecule has 0 aromatic heterocycles. The predicted octanol–water partition coefficient (Wildman–Crippen LogP) is 3.61. The fraction of sp³-hybridized carbons (Fsp3) is 0.833. The lowest BCUT2D eigenvalue weighted by Crippen LogP contribution is -2.67. The third kappa shape index (κ3) is 4.86. The lowest BCUT2D eigenvalue weighted by Gasteiger charge is -2.70. The number of aliphatic hydroxyl groups excluding tert-OH is 4. The maximum absolute atomic E-state index is 14.5. The minimum Gasteiger partial charge on any atom is -0.481 e. The zero-order valence-corrected chi connectivity index (χ0v) is 28.5. The van der Waals surface area contributed by atoms with E-state index in [1.54, 1.807) is 0 Å². The molecule has 4 saturated carbocycles. The van der Waals surface area contributed by atoms with Crippen molar-refractivity contribution < 1.29 is 49.4 Å². The topological polar surface area (TPSA) is 179 Å². The summed E-state index contributed by atoms with van der Waals surface area (Å²) in [6, 6.07) is 0. The first-order valence-corrected chi connectivity index (χ1v) is 17.0. The normalized spacial score (nSPS) is 45.0. The monoisotopic (exact) mass is 646 g/mol. The lowest BCUT2D eigenvalue weighted by atomic mass is 9.33. The highest BCUT2D eigenvalue weighted by atomic mass is 16.6. The molecule has 258 valence electrons. The SMILES string of the molecule is CC1(C)C2CC[C@]3(C)[C@H](C(=O)C=C4[C@H]5C[C@@](C)(C(=O)O)CC[C@]5(C)CC[C@]43C)[C@@]2(C)CC[C@@H]1OC(=O)C(=O)[C@@H](O)[C@H](O)[C@@H](O)CO. The van der Waals surface area contributed by atoms with Crippen LogP contribution in [0.4, 0.5) is 0 Å². The number of allylic oxidation sites excluding steroid dienone is 2. The molecule has 1 unspecified atom stereocenters.